The van der Waals surface area contributed by atoms with Crippen LogP contribution < -0.4 is 0 Å². The van der Waals surface area contributed by atoms with Crippen molar-refractivity contribution in [1.82, 2.24) is 9.55 Å². The maximum atomic E-state index is 10.8. The number of aldehydes is 1. The monoisotopic (exact) mass is 424 g/mol. The van der Waals surface area contributed by atoms with Crippen LogP contribution in [0.1, 0.15) is 18.1 Å². The smallest absolute Gasteiger partial charge is 0.124 e. The van der Waals surface area contributed by atoms with Crippen molar-refractivity contribution < 1.29 is 4.79 Å². The Morgan fingerprint density at radius 3 is 3.00 bits per heavy atom. The highest BCUT2D eigenvalue weighted by atomic mass is 127. The maximum absolute atomic E-state index is 10.8. The number of carbonyl (C=O) groups is 1. The zero-order valence-electron chi connectivity index (χ0n) is 9.20. The van der Waals surface area contributed by atoms with Crippen LogP contribution in [0.25, 0.3) is 10.9 Å². The molecule has 0 radical (unpaired) electrons. The molecule has 6 heteroatoms. The van der Waals surface area contributed by atoms with Gasteiger partial charge >= 0.3 is 0 Å². The summed E-state index contributed by atoms with van der Waals surface area (Å²) in [6.07, 6.45) is 4.78. The molecule has 0 aliphatic rings. The lowest BCUT2D eigenvalue weighted by atomic mass is 10.0. The topological polar surface area (TPSA) is 34.9 Å². The second-order valence-electron chi connectivity index (χ2n) is 3.63. The Labute approximate surface area is 123 Å². The van der Waals surface area contributed by atoms with E-state index in [0.29, 0.717) is 12.8 Å². The normalized spacial score (nSPS) is 11.7. The highest BCUT2D eigenvalue weighted by molar-refractivity contribution is 14.2. The van der Waals surface area contributed by atoms with Crippen molar-refractivity contribution in [3.63, 3.8) is 0 Å². The molecular formula is C11H11BrIN2OP. The van der Waals surface area contributed by atoms with Crippen LogP contribution >= 0.6 is 44.3 Å². The summed E-state index contributed by atoms with van der Waals surface area (Å²) in [6.45, 7) is 2.11. The number of carbonyl (C=O) groups excluding carboxylic acids is 1. The molecule has 0 aliphatic heterocycles. The van der Waals surface area contributed by atoms with Crippen LogP contribution in [-0.2, 0) is 17.6 Å². The van der Waals surface area contributed by atoms with Crippen molar-refractivity contribution in [3.8, 4) is 0 Å². The number of aryl methyl sites for hydroxylation is 1. The number of aromatic nitrogens is 2. The number of rotatable bonds is 4. The van der Waals surface area contributed by atoms with Crippen LogP contribution in [0.3, 0.4) is 0 Å². The molecule has 0 saturated carbocycles. The number of halogens is 2. The molecule has 3 nitrogen and oxygen atoms in total. The molecular weight excluding hydrogens is 414 g/mol. The Morgan fingerprint density at radius 1 is 1.65 bits per heavy atom. The molecule has 0 bridgehead atoms. The Kier molecular flexibility index (Phi) is 4.55. The molecule has 2 rings (SSSR count). The van der Waals surface area contributed by atoms with E-state index in [2.05, 4.69) is 56.1 Å². The third kappa shape index (κ3) is 2.42. The van der Waals surface area contributed by atoms with Gasteiger partial charge in [0.2, 0.25) is 0 Å². The van der Waals surface area contributed by atoms with Crippen molar-refractivity contribution in [3.05, 3.63) is 27.9 Å². The fraction of sp³-hybridized carbons (Fsp3) is 0.273. The number of hydrogen-bond donors (Lipinski definition) is 0. The first-order valence-electron chi connectivity index (χ1n) is 5.21. The summed E-state index contributed by atoms with van der Waals surface area (Å²) >= 11 is 5.92. The van der Waals surface area contributed by atoms with E-state index in [0.717, 1.165) is 33.6 Å². The number of fused-ring (bicyclic) bond motifs is 1. The van der Waals surface area contributed by atoms with Crippen molar-refractivity contribution >= 4 is 61.5 Å². The van der Waals surface area contributed by atoms with E-state index in [9.17, 15) is 4.79 Å². The minimum atomic E-state index is 0.456. The lowest BCUT2D eigenvalue weighted by Crippen LogP contribution is -1.97. The van der Waals surface area contributed by atoms with Gasteiger partial charge in [-0.3, -0.25) is 0 Å². The molecule has 0 saturated heterocycles. The number of hydrogen-bond acceptors (Lipinski definition) is 2. The molecule has 1 unspecified atom stereocenters. The second kappa shape index (κ2) is 5.76. The first kappa shape index (κ1) is 13.4. The van der Waals surface area contributed by atoms with Gasteiger partial charge < -0.3 is 4.79 Å². The van der Waals surface area contributed by atoms with Crippen molar-refractivity contribution in [2.24, 2.45) is 0 Å². The highest BCUT2D eigenvalue weighted by Gasteiger charge is 2.13. The molecule has 0 aliphatic carbocycles. The van der Waals surface area contributed by atoms with Gasteiger partial charge in [0.05, 0.1) is 18.1 Å². The molecule has 0 fully saturated rings. The quantitative estimate of drug-likeness (QED) is 0.424. The molecule has 2 aromatic rings. The third-order valence-corrected chi connectivity index (χ3v) is 5.55. The molecule has 1 heterocycles. The van der Waals surface area contributed by atoms with Gasteiger partial charge in [0.15, 0.2) is 0 Å². The lowest BCUT2D eigenvalue weighted by Gasteiger charge is -2.09. The average Bonchev–Trinajstić information content (AvgIpc) is 2.75. The molecule has 90 valence electrons. The zero-order valence-corrected chi connectivity index (χ0v) is 13.9. The van der Waals surface area contributed by atoms with E-state index < -0.39 is 0 Å². The summed E-state index contributed by atoms with van der Waals surface area (Å²) < 4.78 is 3.00. The van der Waals surface area contributed by atoms with Crippen LogP contribution in [0, 0.1) is 0 Å². The van der Waals surface area contributed by atoms with Gasteiger partial charge in [-0.15, -0.1) is 0 Å². The second-order valence-corrected chi connectivity index (χ2v) is 6.46. The summed E-state index contributed by atoms with van der Waals surface area (Å²) in [7, 11) is 0. The summed E-state index contributed by atoms with van der Waals surface area (Å²) in [6, 6.07) is 2.15. The van der Waals surface area contributed by atoms with Gasteiger partial charge in [-0.1, -0.05) is 6.92 Å². The fourth-order valence-electron chi connectivity index (χ4n) is 1.91. The molecule has 1 aromatic heterocycles. The Balaban J connectivity index is 2.74. The van der Waals surface area contributed by atoms with E-state index in [-0.39, 0.29) is 0 Å². The van der Waals surface area contributed by atoms with Gasteiger partial charge in [0.25, 0.3) is 0 Å². The van der Waals surface area contributed by atoms with Crippen molar-refractivity contribution in [2.75, 3.05) is 0 Å². The summed E-state index contributed by atoms with van der Waals surface area (Å²) in [4.78, 5) is 10.8. The SMILES string of the molecule is CCc1cc2c(cnn2PI)c(Br)c1CC=O. The maximum Gasteiger partial charge on any atom is 0.124 e. The standard InChI is InChI=1S/C11H11BrIN2OP/c1-2-7-5-10-9(6-14-15(10)17-13)11(12)8(7)3-4-16/h4-6,17H,2-3H2,1H3. The molecule has 1 atom stereocenters. The van der Waals surface area contributed by atoms with Crippen LogP contribution in [-0.4, -0.2) is 15.8 Å². The summed E-state index contributed by atoms with van der Waals surface area (Å²) in [5.74, 6) is 0. The van der Waals surface area contributed by atoms with E-state index in [1.807, 2.05) is 10.6 Å². The van der Waals surface area contributed by atoms with Crippen LogP contribution in [0.4, 0.5) is 0 Å². The Hall–Kier alpha value is -0.000000000000000167. The predicted octanol–water partition coefficient (Wildman–Crippen LogP) is 3.89. The van der Waals surface area contributed by atoms with Crippen molar-refractivity contribution in [2.45, 2.75) is 19.8 Å². The minimum absolute atomic E-state index is 0.456. The lowest BCUT2D eigenvalue weighted by molar-refractivity contribution is -0.107. The minimum Gasteiger partial charge on any atom is -0.303 e. The first-order chi connectivity index (χ1) is 8.22. The fourth-order valence-corrected chi connectivity index (χ4v) is 4.16. The number of nitrogens with zero attached hydrogens (tertiary/aromatic N) is 2. The number of benzene rings is 1. The van der Waals surface area contributed by atoms with Gasteiger partial charge in [0.1, 0.15) is 6.29 Å². The molecule has 0 spiro atoms. The van der Waals surface area contributed by atoms with E-state index >= 15 is 0 Å². The van der Waals surface area contributed by atoms with Gasteiger partial charge in [0, 0.05) is 16.3 Å². The van der Waals surface area contributed by atoms with E-state index in [1.54, 1.807) is 0 Å². The molecule has 1 aromatic carbocycles. The Bertz CT molecular complexity index is 570. The molecule has 17 heavy (non-hydrogen) atoms. The summed E-state index contributed by atoms with van der Waals surface area (Å²) in [5, 5.41) is 5.44. The first-order valence-corrected chi connectivity index (χ1v) is 10.1. The largest absolute Gasteiger partial charge is 0.303 e. The van der Waals surface area contributed by atoms with Gasteiger partial charge in [-0.25, -0.2) is 4.45 Å². The Morgan fingerprint density at radius 2 is 2.41 bits per heavy atom. The van der Waals surface area contributed by atoms with Crippen LogP contribution in [0.2, 0.25) is 0 Å². The van der Waals surface area contributed by atoms with E-state index in [4.69, 9.17) is 0 Å². The summed E-state index contributed by atoms with van der Waals surface area (Å²) in [5.41, 5.74) is 3.44. The van der Waals surface area contributed by atoms with E-state index in [1.165, 1.54) is 5.56 Å². The van der Waals surface area contributed by atoms with Gasteiger partial charge in [-0.2, -0.15) is 5.10 Å². The van der Waals surface area contributed by atoms with Crippen LogP contribution in [0.5, 0.6) is 0 Å². The zero-order chi connectivity index (χ0) is 12.4. The van der Waals surface area contributed by atoms with Gasteiger partial charge in [-0.05, 0) is 61.6 Å². The molecule has 0 N–H and O–H groups in total. The molecule has 0 amide bonds. The highest BCUT2D eigenvalue weighted by Crippen LogP contribution is 2.35. The van der Waals surface area contributed by atoms with Crippen molar-refractivity contribution in [1.29, 1.82) is 0 Å². The van der Waals surface area contributed by atoms with Crippen LogP contribution in [0.15, 0.2) is 16.7 Å². The average molecular weight is 425 g/mol. The third-order valence-electron chi connectivity index (χ3n) is 2.75. The predicted molar refractivity (Wildman–Crippen MR) is 84.3 cm³/mol.